The quantitative estimate of drug-likeness (QED) is 0.530. The van der Waals surface area contributed by atoms with Crippen molar-refractivity contribution in [1.82, 2.24) is 24.0 Å². The molecule has 2 N–H and O–H groups in total. The number of fused-ring (bicyclic) bond motifs is 1. The molecule has 1 fully saturated rings. The van der Waals surface area contributed by atoms with Gasteiger partial charge in [-0.2, -0.15) is 18.2 Å². The number of carboxylic acid groups (broad SMARTS) is 1. The standard InChI is InChI=1S/C18H21FN6O2.C2HF3O2/c1-22-15-14(16(26)23(2)18(22)27)25(13-6-4-3-5-12(13)11-19)17(21-15)24-9-7-20-8-10-24;3-2(4,5)1(6)7/h3-6,20H,7-11H2,1-2H3;(H,6,7). The Morgan fingerprint density at radius 2 is 1.71 bits per heavy atom. The summed E-state index contributed by atoms with van der Waals surface area (Å²) in [6, 6.07) is 7.02. The number of aryl methyl sites for hydroxylation is 1. The molecule has 0 amide bonds. The molecule has 184 valence electrons. The van der Waals surface area contributed by atoms with E-state index in [1.165, 1.54) is 11.6 Å². The number of imidazole rings is 1. The van der Waals surface area contributed by atoms with Crippen LogP contribution in [-0.4, -0.2) is 62.1 Å². The van der Waals surface area contributed by atoms with Crippen molar-refractivity contribution in [2.75, 3.05) is 31.1 Å². The van der Waals surface area contributed by atoms with Crippen LogP contribution in [0.15, 0.2) is 33.9 Å². The molecule has 3 aromatic rings. The molecule has 0 atom stereocenters. The average Bonchev–Trinajstić information content (AvgIpc) is 3.22. The average molecular weight is 486 g/mol. The SMILES string of the molecule is Cn1c(=O)c2c(nc(N3CCNCC3)n2-c2ccccc2CF)n(C)c1=O.O=C(O)C(F)(F)F. The van der Waals surface area contributed by atoms with Gasteiger partial charge in [-0.1, -0.05) is 18.2 Å². The number of nitrogens with zero attached hydrogens (tertiary/aromatic N) is 5. The topological polar surface area (TPSA) is 114 Å². The van der Waals surface area contributed by atoms with Crippen LogP contribution in [0.3, 0.4) is 0 Å². The Kier molecular flexibility index (Phi) is 7.09. The second kappa shape index (κ2) is 9.67. The number of nitrogens with one attached hydrogen (secondary N) is 1. The van der Waals surface area contributed by atoms with E-state index < -0.39 is 30.1 Å². The van der Waals surface area contributed by atoms with Gasteiger partial charge in [0.25, 0.3) is 5.56 Å². The maximum atomic E-state index is 13.7. The molecule has 0 aliphatic carbocycles. The van der Waals surface area contributed by atoms with Gasteiger partial charge in [-0.25, -0.2) is 14.0 Å². The van der Waals surface area contributed by atoms with Gasteiger partial charge in [0.2, 0.25) is 5.95 Å². The molecule has 0 saturated carbocycles. The Balaban J connectivity index is 0.000000406. The molecule has 0 radical (unpaired) electrons. The van der Waals surface area contributed by atoms with Crippen molar-refractivity contribution < 1.29 is 27.5 Å². The molecular formula is C20H22F4N6O4. The van der Waals surface area contributed by atoms with Gasteiger partial charge in [-0.15, -0.1) is 0 Å². The Hall–Kier alpha value is -3.68. The highest BCUT2D eigenvalue weighted by molar-refractivity contribution is 5.78. The number of piperazine rings is 1. The van der Waals surface area contributed by atoms with E-state index >= 15 is 0 Å². The van der Waals surface area contributed by atoms with Crippen molar-refractivity contribution in [2.24, 2.45) is 14.1 Å². The summed E-state index contributed by atoms with van der Waals surface area (Å²) in [5.41, 5.74) is 0.702. The highest BCUT2D eigenvalue weighted by atomic mass is 19.4. The Bertz CT molecular complexity index is 1320. The van der Waals surface area contributed by atoms with Gasteiger partial charge in [-0.05, 0) is 6.07 Å². The van der Waals surface area contributed by atoms with Crippen molar-refractivity contribution in [3.8, 4) is 5.69 Å². The molecule has 0 bridgehead atoms. The summed E-state index contributed by atoms with van der Waals surface area (Å²) in [6.07, 6.45) is -5.08. The third kappa shape index (κ3) is 4.66. The van der Waals surface area contributed by atoms with Gasteiger partial charge in [-0.3, -0.25) is 18.5 Å². The first-order chi connectivity index (χ1) is 16.0. The molecule has 0 spiro atoms. The van der Waals surface area contributed by atoms with Crippen LogP contribution < -0.4 is 21.5 Å². The number of aliphatic carboxylic acids is 1. The summed E-state index contributed by atoms with van der Waals surface area (Å²) in [5, 5.41) is 10.4. The van der Waals surface area contributed by atoms with Crippen LogP contribution in [0.5, 0.6) is 0 Å². The van der Waals surface area contributed by atoms with Crippen molar-refractivity contribution in [3.05, 3.63) is 50.7 Å². The number of rotatable bonds is 3. The van der Waals surface area contributed by atoms with Gasteiger partial charge in [0.1, 0.15) is 6.67 Å². The lowest BCUT2D eigenvalue weighted by Gasteiger charge is -2.29. The van der Waals surface area contributed by atoms with Crippen LogP contribution in [-0.2, 0) is 25.6 Å². The van der Waals surface area contributed by atoms with Gasteiger partial charge in [0.05, 0.1) is 5.69 Å². The van der Waals surface area contributed by atoms with E-state index in [0.717, 1.165) is 17.7 Å². The molecule has 1 aromatic carbocycles. The zero-order chi connectivity index (χ0) is 25.2. The molecule has 14 heteroatoms. The normalized spacial score (nSPS) is 14.1. The fraction of sp³-hybridized carbons (Fsp3) is 0.400. The molecule has 1 aliphatic heterocycles. The van der Waals surface area contributed by atoms with Crippen molar-refractivity contribution in [2.45, 2.75) is 12.9 Å². The second-order valence-electron chi connectivity index (χ2n) is 7.43. The molecule has 34 heavy (non-hydrogen) atoms. The van der Waals surface area contributed by atoms with E-state index in [0.29, 0.717) is 35.9 Å². The number of hydrogen-bond donors (Lipinski definition) is 2. The molecular weight excluding hydrogens is 464 g/mol. The highest BCUT2D eigenvalue weighted by Gasteiger charge is 2.38. The predicted octanol–water partition coefficient (Wildman–Crippen LogP) is 0.935. The Morgan fingerprint density at radius 1 is 1.12 bits per heavy atom. The summed E-state index contributed by atoms with van der Waals surface area (Å²) in [5.74, 6) is -2.21. The van der Waals surface area contributed by atoms with Crippen LogP contribution in [0.4, 0.5) is 23.5 Å². The number of carboxylic acids is 1. The maximum absolute atomic E-state index is 13.7. The smallest absolute Gasteiger partial charge is 0.475 e. The van der Waals surface area contributed by atoms with E-state index in [9.17, 15) is 27.2 Å². The van der Waals surface area contributed by atoms with Crippen molar-refractivity contribution in [1.29, 1.82) is 0 Å². The van der Waals surface area contributed by atoms with Crippen LogP contribution in [0.25, 0.3) is 16.9 Å². The first-order valence-electron chi connectivity index (χ1n) is 10.1. The molecule has 3 heterocycles. The number of halogens is 4. The molecule has 0 unspecified atom stereocenters. The van der Waals surface area contributed by atoms with Gasteiger partial charge >= 0.3 is 17.8 Å². The van der Waals surface area contributed by atoms with Crippen LogP contribution in [0.2, 0.25) is 0 Å². The minimum absolute atomic E-state index is 0.272. The Morgan fingerprint density at radius 3 is 2.26 bits per heavy atom. The van der Waals surface area contributed by atoms with E-state index in [-0.39, 0.29) is 5.52 Å². The van der Waals surface area contributed by atoms with Gasteiger partial charge < -0.3 is 15.3 Å². The van der Waals surface area contributed by atoms with E-state index in [4.69, 9.17) is 9.90 Å². The summed E-state index contributed by atoms with van der Waals surface area (Å²) >= 11 is 0. The van der Waals surface area contributed by atoms with E-state index in [2.05, 4.69) is 15.2 Å². The zero-order valence-corrected chi connectivity index (χ0v) is 18.3. The predicted molar refractivity (Wildman–Crippen MR) is 115 cm³/mol. The summed E-state index contributed by atoms with van der Waals surface area (Å²) in [4.78, 5) is 40.9. The van der Waals surface area contributed by atoms with Crippen LogP contribution in [0.1, 0.15) is 5.56 Å². The third-order valence-corrected chi connectivity index (χ3v) is 5.26. The molecule has 1 saturated heterocycles. The van der Waals surface area contributed by atoms with Gasteiger partial charge in [0.15, 0.2) is 11.2 Å². The number of carbonyl (C=O) groups is 1. The summed E-state index contributed by atoms with van der Waals surface area (Å²) in [6.45, 7) is 2.31. The minimum Gasteiger partial charge on any atom is -0.475 e. The highest BCUT2D eigenvalue weighted by Crippen LogP contribution is 2.27. The number of para-hydroxylation sites is 1. The second-order valence-corrected chi connectivity index (χ2v) is 7.43. The molecule has 10 nitrogen and oxygen atoms in total. The monoisotopic (exact) mass is 486 g/mol. The maximum Gasteiger partial charge on any atom is 0.490 e. The number of benzene rings is 1. The number of alkyl halides is 4. The van der Waals surface area contributed by atoms with E-state index in [1.54, 1.807) is 35.9 Å². The van der Waals surface area contributed by atoms with Crippen LogP contribution >= 0.6 is 0 Å². The first kappa shape index (κ1) is 25.0. The van der Waals surface area contributed by atoms with Crippen molar-refractivity contribution >= 4 is 23.1 Å². The largest absolute Gasteiger partial charge is 0.490 e. The lowest BCUT2D eigenvalue weighted by Crippen LogP contribution is -2.44. The third-order valence-electron chi connectivity index (χ3n) is 5.26. The Labute approximate surface area is 189 Å². The van der Waals surface area contributed by atoms with Crippen molar-refractivity contribution in [3.63, 3.8) is 0 Å². The molecule has 2 aromatic heterocycles. The fourth-order valence-corrected chi connectivity index (χ4v) is 3.53. The molecule has 1 aliphatic rings. The summed E-state index contributed by atoms with van der Waals surface area (Å²) in [7, 11) is 3.02. The molecule has 4 rings (SSSR count). The first-order valence-corrected chi connectivity index (χ1v) is 10.1. The van der Waals surface area contributed by atoms with E-state index in [1.807, 2.05) is 0 Å². The number of hydrogen-bond acceptors (Lipinski definition) is 6. The number of anilines is 1. The lowest BCUT2D eigenvalue weighted by molar-refractivity contribution is -0.192. The van der Waals surface area contributed by atoms with Crippen LogP contribution in [0, 0.1) is 0 Å². The zero-order valence-electron chi connectivity index (χ0n) is 18.3. The number of aromatic nitrogens is 4. The lowest BCUT2D eigenvalue weighted by atomic mass is 10.2. The fourth-order valence-electron chi connectivity index (χ4n) is 3.53. The van der Waals surface area contributed by atoms with Gasteiger partial charge in [0, 0.05) is 45.8 Å². The summed E-state index contributed by atoms with van der Waals surface area (Å²) < 4.78 is 49.5. The minimum atomic E-state index is -5.08.